The number of carbonyl (C=O) groups excluding carboxylic acids is 1. The van der Waals surface area contributed by atoms with E-state index in [0.29, 0.717) is 25.2 Å². The summed E-state index contributed by atoms with van der Waals surface area (Å²) < 4.78 is 11.9. The van der Waals surface area contributed by atoms with Crippen LogP contribution in [0.25, 0.3) is 21.8 Å². The first kappa shape index (κ1) is 32.6. The zero-order valence-electron chi connectivity index (χ0n) is 24.7. The van der Waals surface area contributed by atoms with E-state index < -0.39 is 61.0 Å². The van der Waals surface area contributed by atoms with Crippen LogP contribution in [0.3, 0.4) is 0 Å². The van der Waals surface area contributed by atoms with E-state index in [1.165, 1.54) is 0 Å². The van der Waals surface area contributed by atoms with Crippen LogP contribution in [-0.2, 0) is 9.47 Å². The van der Waals surface area contributed by atoms with Crippen molar-refractivity contribution in [1.29, 1.82) is 0 Å². The number of unbranched alkanes of at least 4 members (excludes halogenated alkanes) is 3. The van der Waals surface area contributed by atoms with Crippen molar-refractivity contribution in [3.63, 3.8) is 0 Å². The van der Waals surface area contributed by atoms with Crippen LogP contribution in [0.1, 0.15) is 42.6 Å². The van der Waals surface area contributed by atoms with Crippen LogP contribution in [0.5, 0.6) is 0 Å². The number of nitrogens with one attached hydrogen (secondary N) is 3. The van der Waals surface area contributed by atoms with Gasteiger partial charge in [0, 0.05) is 41.5 Å². The molecule has 0 unspecified atom stereocenters. The number of para-hydroxylation sites is 1. The lowest BCUT2D eigenvalue weighted by Crippen LogP contribution is -2.69. The van der Waals surface area contributed by atoms with Crippen molar-refractivity contribution in [3.8, 4) is 0 Å². The lowest BCUT2D eigenvalue weighted by atomic mass is 9.82. The van der Waals surface area contributed by atoms with E-state index in [-0.39, 0.29) is 12.5 Å². The molecule has 2 aromatic heterocycles. The molecule has 1 saturated heterocycles. The van der Waals surface area contributed by atoms with Crippen molar-refractivity contribution < 1.29 is 29.6 Å². The van der Waals surface area contributed by atoms with Gasteiger partial charge < -0.3 is 63.3 Å². The molecule has 1 aromatic carbocycles. The number of hydrogen-bond donors (Lipinski definition) is 10. The highest BCUT2D eigenvalue weighted by atomic mass is 16.7. The summed E-state index contributed by atoms with van der Waals surface area (Å²) in [5, 5.41) is 39.7. The van der Waals surface area contributed by atoms with Gasteiger partial charge in [-0.25, -0.2) is 4.98 Å². The average molecular weight is 615 g/mol. The van der Waals surface area contributed by atoms with E-state index in [2.05, 4.69) is 20.6 Å². The second-order valence-electron chi connectivity index (χ2n) is 11.9. The molecule has 14 heteroatoms. The topological polar surface area (TPSA) is 253 Å². The van der Waals surface area contributed by atoms with Gasteiger partial charge in [-0.3, -0.25) is 4.79 Å². The highest BCUT2D eigenvalue weighted by molar-refractivity contribution is 6.09. The summed E-state index contributed by atoms with van der Waals surface area (Å²) in [6.07, 6.45) is -0.632. The zero-order chi connectivity index (χ0) is 31.4. The number of aliphatic hydroxyl groups excluding tert-OH is 3. The quantitative estimate of drug-likeness (QED) is 0.105. The highest BCUT2D eigenvalue weighted by Crippen LogP contribution is 2.28. The van der Waals surface area contributed by atoms with Gasteiger partial charge >= 0.3 is 0 Å². The number of hydrogen-bond acceptors (Lipinski definition) is 12. The molecule has 5 rings (SSSR count). The molecule has 2 aliphatic rings. The Morgan fingerprint density at radius 2 is 1.73 bits per heavy atom. The molecule has 14 nitrogen and oxygen atoms in total. The SMILES string of the molecule is NC[C@H]1O[C@@H](O[C@H]2[C@@H](NCCCCCCNC(=O)c3cc4c(cn3)[nH]c3ccccc34)[C@@H](O)[C@H](N)C[C@@H]2N)[C@H](N)[C@@H](O)[C@@H]1O. The first-order valence-electron chi connectivity index (χ1n) is 15.4. The molecule has 1 aliphatic carbocycles. The fourth-order valence-electron chi connectivity index (χ4n) is 6.20. The second-order valence-corrected chi connectivity index (χ2v) is 11.9. The summed E-state index contributed by atoms with van der Waals surface area (Å²) >= 11 is 0. The predicted molar refractivity (Wildman–Crippen MR) is 165 cm³/mol. The first-order valence-corrected chi connectivity index (χ1v) is 15.4. The molecule has 1 saturated carbocycles. The van der Waals surface area contributed by atoms with E-state index in [4.69, 9.17) is 32.4 Å². The Bertz CT molecular complexity index is 1390. The third kappa shape index (κ3) is 7.05. The predicted octanol–water partition coefficient (Wildman–Crippen LogP) is -1.50. The number of pyridine rings is 1. The van der Waals surface area contributed by atoms with Crippen molar-refractivity contribution in [1.82, 2.24) is 20.6 Å². The molecule has 3 aromatic rings. The third-order valence-electron chi connectivity index (χ3n) is 8.79. The number of benzene rings is 1. The van der Waals surface area contributed by atoms with E-state index in [0.717, 1.165) is 47.5 Å². The zero-order valence-corrected chi connectivity index (χ0v) is 24.7. The Morgan fingerprint density at radius 3 is 2.50 bits per heavy atom. The Morgan fingerprint density at radius 1 is 0.977 bits per heavy atom. The fourth-order valence-corrected chi connectivity index (χ4v) is 6.20. The summed E-state index contributed by atoms with van der Waals surface area (Å²) in [6.45, 7) is 1.08. The number of carbonyl (C=O) groups is 1. The van der Waals surface area contributed by atoms with E-state index in [1.54, 1.807) is 6.20 Å². The lowest BCUT2D eigenvalue weighted by Gasteiger charge is -2.47. The summed E-state index contributed by atoms with van der Waals surface area (Å²) in [4.78, 5) is 20.3. The van der Waals surface area contributed by atoms with Gasteiger partial charge in [-0.05, 0) is 37.9 Å². The molecule has 2 fully saturated rings. The van der Waals surface area contributed by atoms with Gasteiger partial charge in [0.1, 0.15) is 24.0 Å². The number of amides is 1. The van der Waals surface area contributed by atoms with E-state index >= 15 is 0 Å². The maximum Gasteiger partial charge on any atom is 0.269 e. The minimum Gasteiger partial charge on any atom is -0.390 e. The monoisotopic (exact) mass is 614 g/mol. The van der Waals surface area contributed by atoms with Crippen LogP contribution in [0, 0.1) is 0 Å². The Hall–Kier alpha value is -2.76. The van der Waals surface area contributed by atoms with Crippen molar-refractivity contribution in [3.05, 3.63) is 42.2 Å². The number of aromatic nitrogens is 2. The molecular formula is C30H46N8O6. The van der Waals surface area contributed by atoms with Crippen molar-refractivity contribution in [2.24, 2.45) is 22.9 Å². The Labute approximate surface area is 255 Å². The lowest BCUT2D eigenvalue weighted by molar-refractivity contribution is -0.279. The third-order valence-corrected chi connectivity index (χ3v) is 8.79. The van der Waals surface area contributed by atoms with Crippen LogP contribution in [-0.4, -0.2) is 112 Å². The summed E-state index contributed by atoms with van der Waals surface area (Å²) in [7, 11) is 0. The van der Waals surface area contributed by atoms with Gasteiger partial charge in [0.05, 0.1) is 36.0 Å². The van der Waals surface area contributed by atoms with Gasteiger partial charge in [-0.1, -0.05) is 31.0 Å². The molecule has 44 heavy (non-hydrogen) atoms. The van der Waals surface area contributed by atoms with Crippen LogP contribution >= 0.6 is 0 Å². The second kappa shape index (κ2) is 14.6. The molecule has 0 radical (unpaired) electrons. The molecule has 0 spiro atoms. The van der Waals surface area contributed by atoms with E-state index in [1.807, 2.05) is 30.3 Å². The van der Waals surface area contributed by atoms with Gasteiger partial charge in [0.2, 0.25) is 0 Å². The largest absolute Gasteiger partial charge is 0.390 e. The number of aliphatic hydroxyl groups is 3. The summed E-state index contributed by atoms with van der Waals surface area (Å²) in [5.41, 5.74) is 26.6. The molecule has 1 aliphatic heterocycles. The van der Waals surface area contributed by atoms with Crippen molar-refractivity contribution >= 4 is 27.7 Å². The van der Waals surface area contributed by atoms with Crippen LogP contribution < -0.4 is 33.6 Å². The highest BCUT2D eigenvalue weighted by Gasteiger charge is 2.48. The number of aromatic amines is 1. The number of rotatable bonds is 12. The standard InChI is InChI=1S/C30H46N8O6/c31-13-22-26(40)27(41)23(34)30(43-22)44-28-18(33)12-17(32)25(39)24(28)35-9-5-1-2-6-10-36-29(42)20-11-16-15-7-3-4-8-19(15)38-21(16)14-37-20/h3-4,7-8,11,14,17-18,22-28,30,35,38-41H,1-2,5-6,9-10,12-13,31-34H2,(H,36,42)/t17-,18+,22-,23-,24+,25+,26-,27-,28-,30+/m1/s1. The number of fused-ring (bicyclic) bond motifs is 3. The fraction of sp³-hybridized carbons (Fsp3) is 0.600. The average Bonchev–Trinajstić information content (AvgIpc) is 3.40. The molecule has 14 N–H and O–H groups in total. The summed E-state index contributed by atoms with van der Waals surface area (Å²) in [5.74, 6) is -0.203. The maximum atomic E-state index is 12.7. The number of ether oxygens (including phenoxy) is 2. The minimum atomic E-state index is -1.29. The first-order chi connectivity index (χ1) is 21.2. The van der Waals surface area contributed by atoms with Gasteiger partial charge in [0.25, 0.3) is 5.91 Å². The van der Waals surface area contributed by atoms with Gasteiger partial charge in [-0.2, -0.15) is 0 Å². The molecule has 3 heterocycles. The summed E-state index contributed by atoms with van der Waals surface area (Å²) in [6, 6.07) is 7.09. The molecule has 0 bridgehead atoms. The Balaban J connectivity index is 1.05. The molecular weight excluding hydrogens is 568 g/mol. The molecule has 1 amide bonds. The van der Waals surface area contributed by atoms with Crippen molar-refractivity contribution in [2.75, 3.05) is 19.6 Å². The van der Waals surface area contributed by atoms with Crippen LogP contribution in [0.2, 0.25) is 0 Å². The van der Waals surface area contributed by atoms with Crippen molar-refractivity contribution in [2.45, 2.75) is 93.1 Å². The molecule has 242 valence electrons. The van der Waals surface area contributed by atoms with E-state index in [9.17, 15) is 20.1 Å². The van der Waals surface area contributed by atoms with Gasteiger partial charge in [-0.15, -0.1) is 0 Å². The van der Waals surface area contributed by atoms with Crippen LogP contribution in [0.4, 0.5) is 0 Å². The van der Waals surface area contributed by atoms with Crippen LogP contribution in [0.15, 0.2) is 36.5 Å². The normalized spacial score (nSPS) is 32.7. The minimum absolute atomic E-state index is 0.0297. The number of H-pyrrole nitrogens is 1. The number of nitrogens with zero attached hydrogens (tertiary/aromatic N) is 1. The smallest absolute Gasteiger partial charge is 0.269 e. The number of nitrogens with two attached hydrogens (primary N) is 4. The molecule has 10 atom stereocenters. The Kier molecular flexibility index (Phi) is 10.8. The van der Waals surface area contributed by atoms with Gasteiger partial charge in [0.15, 0.2) is 6.29 Å². The maximum absolute atomic E-state index is 12.7.